The van der Waals surface area contributed by atoms with E-state index in [0.29, 0.717) is 29.0 Å². The molecule has 4 aromatic rings. The summed E-state index contributed by atoms with van der Waals surface area (Å²) in [5, 5.41) is 11.3. The fraction of sp³-hybridized carbons (Fsp3) is 0.510. The molecule has 0 aliphatic carbocycles. The quantitative estimate of drug-likeness (QED) is 0.151. The standard InChI is InChI=1S/C49H69NO/c1-34(2)26-36(4)50(33-42-30-44(48(8,9)10)46(51)45(31-42)49(11,12)13)43-24-22-41(23-25-43)29-40-20-18-39(19-21-40)28-38-16-14-37(15-17-38)27-35(3)32-47(5,6)7/h14-25,30-31,34-36,51H,26-29,32-33H2,1-13H3. The largest absolute Gasteiger partial charge is 0.507 e. The molecule has 2 nitrogen and oxygen atoms in total. The molecule has 0 saturated heterocycles. The first-order valence-corrected chi connectivity index (χ1v) is 19.6. The Labute approximate surface area is 312 Å². The maximum absolute atomic E-state index is 11.3. The van der Waals surface area contributed by atoms with E-state index in [1.54, 1.807) is 0 Å². The minimum Gasteiger partial charge on any atom is -0.507 e. The molecule has 0 amide bonds. The normalized spacial score (nSPS) is 13.8. The summed E-state index contributed by atoms with van der Waals surface area (Å²) >= 11 is 0. The lowest BCUT2D eigenvalue weighted by molar-refractivity contribution is 0.306. The third-order valence-corrected chi connectivity index (χ3v) is 10.2. The van der Waals surface area contributed by atoms with Gasteiger partial charge in [0.25, 0.3) is 0 Å². The Morgan fingerprint density at radius 1 is 0.549 bits per heavy atom. The molecule has 0 fully saturated rings. The molecule has 4 rings (SSSR count). The number of phenolic OH excluding ortho intramolecular Hbond substituents is 1. The number of rotatable bonds is 13. The van der Waals surface area contributed by atoms with Crippen molar-refractivity contribution in [2.24, 2.45) is 17.3 Å². The number of aromatic hydroxyl groups is 1. The van der Waals surface area contributed by atoms with Crippen molar-refractivity contribution in [3.05, 3.63) is 129 Å². The highest BCUT2D eigenvalue weighted by atomic mass is 16.3. The molecule has 0 aromatic heterocycles. The molecular formula is C49H69NO. The van der Waals surface area contributed by atoms with Crippen LogP contribution in [0.2, 0.25) is 0 Å². The average Bonchev–Trinajstić information content (AvgIpc) is 3.00. The van der Waals surface area contributed by atoms with Crippen molar-refractivity contribution in [3.8, 4) is 5.75 Å². The van der Waals surface area contributed by atoms with E-state index in [1.807, 2.05) is 0 Å². The van der Waals surface area contributed by atoms with Gasteiger partial charge in [0.15, 0.2) is 0 Å². The first kappa shape index (κ1) is 40.3. The van der Waals surface area contributed by atoms with Crippen LogP contribution in [0, 0.1) is 17.3 Å². The highest BCUT2D eigenvalue weighted by Gasteiger charge is 2.27. The highest BCUT2D eigenvalue weighted by Crippen LogP contribution is 2.40. The van der Waals surface area contributed by atoms with Crippen molar-refractivity contribution in [1.82, 2.24) is 0 Å². The summed E-state index contributed by atoms with van der Waals surface area (Å²) < 4.78 is 0. The Kier molecular flexibility index (Phi) is 13.0. The Morgan fingerprint density at radius 2 is 0.941 bits per heavy atom. The maximum Gasteiger partial charge on any atom is 0.123 e. The zero-order valence-corrected chi connectivity index (χ0v) is 34.5. The van der Waals surface area contributed by atoms with E-state index >= 15 is 0 Å². The Hall–Kier alpha value is -3.52. The van der Waals surface area contributed by atoms with Crippen LogP contribution in [0.3, 0.4) is 0 Å². The van der Waals surface area contributed by atoms with Gasteiger partial charge in [0.05, 0.1) is 0 Å². The molecule has 2 heteroatoms. The molecule has 0 heterocycles. The maximum atomic E-state index is 11.3. The Morgan fingerprint density at radius 3 is 1.31 bits per heavy atom. The van der Waals surface area contributed by atoms with E-state index in [-0.39, 0.29) is 10.8 Å². The molecule has 0 radical (unpaired) electrons. The minimum absolute atomic E-state index is 0.148. The number of benzene rings is 4. The summed E-state index contributed by atoms with van der Waals surface area (Å²) in [5.74, 6) is 1.75. The summed E-state index contributed by atoms with van der Waals surface area (Å²) in [6, 6.07) is 32.6. The van der Waals surface area contributed by atoms with Gasteiger partial charge >= 0.3 is 0 Å². The van der Waals surface area contributed by atoms with E-state index in [4.69, 9.17) is 0 Å². The second kappa shape index (κ2) is 16.4. The predicted molar refractivity (Wildman–Crippen MR) is 222 cm³/mol. The number of hydrogen-bond acceptors (Lipinski definition) is 2. The first-order chi connectivity index (χ1) is 23.7. The Balaban J connectivity index is 1.46. The average molecular weight is 688 g/mol. The van der Waals surface area contributed by atoms with Gasteiger partial charge in [-0.05, 0) is 136 Å². The van der Waals surface area contributed by atoms with Crippen LogP contribution in [-0.4, -0.2) is 11.1 Å². The van der Waals surface area contributed by atoms with Crippen LogP contribution in [0.4, 0.5) is 5.69 Å². The summed E-state index contributed by atoms with van der Waals surface area (Å²) in [7, 11) is 0. The SMILES string of the molecule is CC(C)CC(C)N(Cc1cc(C(C)(C)C)c(O)c(C(C)(C)C)c1)c1ccc(Cc2ccc(Cc3ccc(CC(C)CC(C)(C)C)cc3)cc2)cc1. The molecule has 51 heavy (non-hydrogen) atoms. The van der Waals surface area contributed by atoms with Crippen molar-refractivity contribution >= 4 is 5.69 Å². The summed E-state index contributed by atoms with van der Waals surface area (Å²) in [6.45, 7) is 30.3. The topological polar surface area (TPSA) is 23.5 Å². The van der Waals surface area contributed by atoms with Crippen LogP contribution in [0.1, 0.15) is 147 Å². The van der Waals surface area contributed by atoms with Crippen molar-refractivity contribution in [2.75, 3.05) is 4.90 Å². The van der Waals surface area contributed by atoms with Gasteiger partial charge in [0, 0.05) is 18.3 Å². The molecular weight excluding hydrogens is 619 g/mol. The zero-order valence-electron chi connectivity index (χ0n) is 34.5. The van der Waals surface area contributed by atoms with Crippen LogP contribution in [0.15, 0.2) is 84.9 Å². The predicted octanol–water partition coefficient (Wildman–Crippen LogP) is 13.2. The molecule has 0 bridgehead atoms. The molecule has 276 valence electrons. The fourth-order valence-corrected chi connectivity index (χ4v) is 7.80. The van der Waals surface area contributed by atoms with Gasteiger partial charge in [0.2, 0.25) is 0 Å². The van der Waals surface area contributed by atoms with Crippen molar-refractivity contribution in [3.63, 3.8) is 0 Å². The molecule has 0 spiro atoms. The number of nitrogens with zero attached hydrogens (tertiary/aromatic N) is 1. The van der Waals surface area contributed by atoms with Crippen LogP contribution >= 0.6 is 0 Å². The third kappa shape index (κ3) is 12.0. The molecule has 1 N–H and O–H groups in total. The van der Waals surface area contributed by atoms with Gasteiger partial charge in [-0.25, -0.2) is 0 Å². The molecule has 2 unspecified atom stereocenters. The van der Waals surface area contributed by atoms with Gasteiger partial charge in [-0.15, -0.1) is 0 Å². The monoisotopic (exact) mass is 688 g/mol. The van der Waals surface area contributed by atoms with Gasteiger partial charge < -0.3 is 10.0 Å². The van der Waals surface area contributed by atoms with Crippen molar-refractivity contribution < 1.29 is 5.11 Å². The lowest BCUT2D eigenvalue weighted by atomic mass is 9.78. The highest BCUT2D eigenvalue weighted by molar-refractivity contribution is 5.53. The molecule has 0 aliphatic heterocycles. The van der Waals surface area contributed by atoms with Gasteiger partial charge in [-0.1, -0.05) is 144 Å². The van der Waals surface area contributed by atoms with Gasteiger partial charge in [0.1, 0.15) is 5.75 Å². The van der Waals surface area contributed by atoms with E-state index in [1.165, 1.54) is 45.5 Å². The Bertz CT molecular complexity index is 1640. The zero-order chi connectivity index (χ0) is 37.7. The van der Waals surface area contributed by atoms with Gasteiger partial charge in [-0.2, -0.15) is 0 Å². The van der Waals surface area contributed by atoms with E-state index in [0.717, 1.165) is 43.4 Å². The van der Waals surface area contributed by atoms with Crippen LogP contribution in [0.25, 0.3) is 0 Å². The lowest BCUT2D eigenvalue weighted by Crippen LogP contribution is -2.34. The molecule has 0 saturated carbocycles. The van der Waals surface area contributed by atoms with Crippen molar-refractivity contribution in [2.45, 2.75) is 146 Å². The summed E-state index contributed by atoms with van der Waals surface area (Å²) in [5.41, 5.74) is 11.5. The van der Waals surface area contributed by atoms with E-state index < -0.39 is 0 Å². The van der Waals surface area contributed by atoms with Crippen molar-refractivity contribution in [1.29, 1.82) is 0 Å². The van der Waals surface area contributed by atoms with Crippen LogP contribution < -0.4 is 4.90 Å². The van der Waals surface area contributed by atoms with Crippen LogP contribution in [-0.2, 0) is 36.6 Å². The number of hydrogen-bond donors (Lipinski definition) is 1. The van der Waals surface area contributed by atoms with Gasteiger partial charge in [-0.3, -0.25) is 0 Å². The minimum atomic E-state index is -0.148. The van der Waals surface area contributed by atoms with Crippen LogP contribution in [0.5, 0.6) is 5.75 Å². The molecule has 4 aromatic carbocycles. The number of anilines is 1. The van der Waals surface area contributed by atoms with E-state index in [2.05, 4.69) is 180 Å². The summed E-state index contributed by atoms with van der Waals surface area (Å²) in [6.07, 6.45) is 5.40. The molecule has 0 aliphatic rings. The third-order valence-electron chi connectivity index (χ3n) is 10.2. The first-order valence-electron chi connectivity index (χ1n) is 19.6. The second-order valence-electron chi connectivity index (χ2n) is 19.4. The number of phenols is 1. The summed E-state index contributed by atoms with van der Waals surface area (Å²) in [4.78, 5) is 2.56. The second-order valence-corrected chi connectivity index (χ2v) is 19.4. The molecule has 2 atom stereocenters. The smallest absolute Gasteiger partial charge is 0.123 e. The van der Waals surface area contributed by atoms with E-state index in [9.17, 15) is 5.11 Å². The fourth-order valence-electron chi connectivity index (χ4n) is 7.80. The lowest BCUT2D eigenvalue weighted by Gasteiger charge is -2.34.